The first kappa shape index (κ1) is 23.3. The summed E-state index contributed by atoms with van der Waals surface area (Å²) in [6.07, 6.45) is 0.545. The molecule has 34 heavy (non-hydrogen) atoms. The summed E-state index contributed by atoms with van der Waals surface area (Å²) >= 11 is 0. The number of nitrogens with zero attached hydrogens (tertiary/aromatic N) is 1. The van der Waals surface area contributed by atoms with Gasteiger partial charge < -0.3 is 25.4 Å². The Hall–Kier alpha value is -3.88. The molecule has 2 aromatic rings. The summed E-state index contributed by atoms with van der Waals surface area (Å²) in [5.41, 5.74) is 4.44. The van der Waals surface area contributed by atoms with Crippen molar-refractivity contribution in [1.29, 1.82) is 0 Å². The number of carboxylic acids is 1. The van der Waals surface area contributed by atoms with Gasteiger partial charge in [-0.2, -0.15) is 0 Å². The van der Waals surface area contributed by atoms with E-state index in [9.17, 15) is 19.2 Å². The van der Waals surface area contributed by atoms with Crippen LogP contribution in [0.1, 0.15) is 36.3 Å². The highest BCUT2D eigenvalue weighted by Crippen LogP contribution is 2.44. The van der Waals surface area contributed by atoms with E-state index in [1.54, 1.807) is 0 Å². The standard InChI is InChI=1S/C25H27N3O6/c29-22(26-14-23(30)28-11-5-6-16(28)12-24(31)32)13-27-25(33)34-15-21-19-9-3-1-7-17(19)18-8-2-4-10-20(18)21/h1-4,7-10,16,21H,5-6,11-15H2,(H,26,29)(H,27,33)(H,31,32). The number of hydrogen-bond donors (Lipinski definition) is 3. The molecule has 1 heterocycles. The summed E-state index contributed by atoms with van der Waals surface area (Å²) in [6.45, 7) is 0.0361. The number of nitrogens with one attached hydrogen (secondary N) is 2. The number of carbonyl (C=O) groups is 4. The predicted molar refractivity (Wildman–Crippen MR) is 123 cm³/mol. The molecular formula is C25H27N3O6. The molecule has 1 unspecified atom stereocenters. The van der Waals surface area contributed by atoms with Crippen LogP contribution in [-0.4, -0.2) is 66.2 Å². The van der Waals surface area contributed by atoms with Gasteiger partial charge in [0.05, 0.1) is 13.0 Å². The summed E-state index contributed by atoms with van der Waals surface area (Å²) < 4.78 is 5.39. The Morgan fingerprint density at radius 1 is 0.941 bits per heavy atom. The maximum absolute atomic E-state index is 12.3. The van der Waals surface area contributed by atoms with Crippen LogP contribution in [0.15, 0.2) is 48.5 Å². The molecule has 0 bridgehead atoms. The molecule has 1 aliphatic carbocycles. The fraction of sp³-hybridized carbons (Fsp3) is 0.360. The Bertz CT molecular complexity index is 1060. The van der Waals surface area contributed by atoms with Gasteiger partial charge in [-0.1, -0.05) is 48.5 Å². The van der Waals surface area contributed by atoms with Crippen LogP contribution in [0.2, 0.25) is 0 Å². The molecule has 1 aliphatic heterocycles. The van der Waals surface area contributed by atoms with Crippen molar-refractivity contribution in [2.24, 2.45) is 0 Å². The van der Waals surface area contributed by atoms with Crippen LogP contribution in [0, 0.1) is 0 Å². The van der Waals surface area contributed by atoms with E-state index in [4.69, 9.17) is 9.84 Å². The topological polar surface area (TPSA) is 125 Å². The minimum Gasteiger partial charge on any atom is -0.481 e. The molecule has 0 aromatic heterocycles. The molecule has 9 nitrogen and oxygen atoms in total. The third-order valence-electron chi connectivity index (χ3n) is 6.28. The number of hydrogen-bond acceptors (Lipinski definition) is 5. The number of ether oxygens (including phenoxy) is 1. The first-order valence-corrected chi connectivity index (χ1v) is 11.3. The first-order chi connectivity index (χ1) is 16.4. The molecule has 1 saturated heterocycles. The number of benzene rings is 2. The number of amides is 3. The summed E-state index contributed by atoms with van der Waals surface area (Å²) in [4.78, 5) is 49.0. The van der Waals surface area contributed by atoms with Gasteiger partial charge in [0.1, 0.15) is 13.2 Å². The minimum absolute atomic E-state index is 0.0798. The molecule has 0 radical (unpaired) electrons. The average molecular weight is 466 g/mol. The summed E-state index contributed by atoms with van der Waals surface area (Å²) in [5.74, 6) is -1.90. The maximum atomic E-state index is 12.3. The van der Waals surface area contributed by atoms with E-state index >= 15 is 0 Å². The van der Waals surface area contributed by atoms with Gasteiger partial charge in [0.25, 0.3) is 0 Å². The fourth-order valence-corrected chi connectivity index (χ4v) is 4.72. The van der Waals surface area contributed by atoms with Crippen molar-refractivity contribution in [3.8, 4) is 11.1 Å². The van der Waals surface area contributed by atoms with Crippen LogP contribution in [0.4, 0.5) is 4.79 Å². The summed E-state index contributed by atoms with van der Waals surface area (Å²) in [7, 11) is 0. The second-order valence-electron chi connectivity index (χ2n) is 8.44. The number of fused-ring (bicyclic) bond motifs is 3. The van der Waals surface area contributed by atoms with Gasteiger partial charge in [0, 0.05) is 18.5 Å². The first-order valence-electron chi connectivity index (χ1n) is 11.3. The normalized spacial score (nSPS) is 16.5. The van der Waals surface area contributed by atoms with Crippen molar-refractivity contribution in [3.05, 3.63) is 59.7 Å². The van der Waals surface area contributed by atoms with Gasteiger partial charge in [0.2, 0.25) is 11.8 Å². The molecule has 178 valence electrons. The molecule has 3 N–H and O–H groups in total. The molecule has 0 saturated carbocycles. The van der Waals surface area contributed by atoms with E-state index < -0.39 is 18.0 Å². The number of carbonyl (C=O) groups excluding carboxylic acids is 3. The van der Waals surface area contributed by atoms with Crippen molar-refractivity contribution in [1.82, 2.24) is 15.5 Å². The van der Waals surface area contributed by atoms with E-state index in [1.807, 2.05) is 48.5 Å². The molecule has 4 rings (SSSR count). The van der Waals surface area contributed by atoms with Crippen molar-refractivity contribution in [3.63, 3.8) is 0 Å². The highest BCUT2D eigenvalue weighted by molar-refractivity contribution is 5.87. The van der Waals surface area contributed by atoms with Crippen LogP contribution < -0.4 is 10.6 Å². The Morgan fingerprint density at radius 2 is 1.59 bits per heavy atom. The van der Waals surface area contributed by atoms with Gasteiger partial charge in [-0.25, -0.2) is 4.79 Å². The predicted octanol–water partition coefficient (Wildman–Crippen LogP) is 2.11. The number of aliphatic carboxylic acids is 1. The molecule has 1 atom stereocenters. The van der Waals surface area contributed by atoms with Crippen molar-refractivity contribution < 1.29 is 29.0 Å². The smallest absolute Gasteiger partial charge is 0.407 e. The van der Waals surface area contributed by atoms with Gasteiger partial charge in [-0.15, -0.1) is 0 Å². The zero-order valence-electron chi connectivity index (χ0n) is 18.7. The molecule has 1 fully saturated rings. The van der Waals surface area contributed by atoms with Crippen molar-refractivity contribution >= 4 is 23.9 Å². The third-order valence-corrected chi connectivity index (χ3v) is 6.28. The Labute approximate surface area is 197 Å². The van der Waals surface area contributed by atoms with E-state index in [0.717, 1.165) is 28.7 Å². The van der Waals surface area contributed by atoms with Crippen molar-refractivity contribution in [2.45, 2.75) is 31.2 Å². The van der Waals surface area contributed by atoms with E-state index in [0.29, 0.717) is 13.0 Å². The lowest BCUT2D eigenvalue weighted by atomic mass is 9.98. The number of rotatable bonds is 8. The number of likely N-dealkylation sites (tertiary alicyclic amines) is 1. The summed E-state index contributed by atoms with van der Waals surface area (Å²) in [5, 5.41) is 13.8. The van der Waals surface area contributed by atoms with Crippen molar-refractivity contribution in [2.75, 3.05) is 26.2 Å². The zero-order valence-corrected chi connectivity index (χ0v) is 18.7. The van der Waals surface area contributed by atoms with E-state index in [-0.39, 0.29) is 44.0 Å². The van der Waals surface area contributed by atoms with E-state index in [1.165, 1.54) is 4.90 Å². The fourth-order valence-electron chi connectivity index (χ4n) is 4.72. The molecule has 9 heteroatoms. The molecular weight excluding hydrogens is 438 g/mol. The maximum Gasteiger partial charge on any atom is 0.407 e. The lowest BCUT2D eigenvalue weighted by Crippen LogP contribution is -2.45. The minimum atomic E-state index is -0.957. The lowest BCUT2D eigenvalue weighted by Gasteiger charge is -2.23. The quantitative estimate of drug-likeness (QED) is 0.548. The van der Waals surface area contributed by atoms with E-state index in [2.05, 4.69) is 10.6 Å². The van der Waals surface area contributed by atoms with Gasteiger partial charge >= 0.3 is 12.1 Å². The molecule has 2 aromatic carbocycles. The second kappa shape index (κ2) is 10.4. The largest absolute Gasteiger partial charge is 0.481 e. The summed E-state index contributed by atoms with van der Waals surface area (Å²) in [6, 6.07) is 15.7. The SMILES string of the molecule is O=C(O)CC1CCCN1C(=O)CNC(=O)CNC(=O)OCC1c2ccccc2-c2ccccc21. The Morgan fingerprint density at radius 3 is 2.24 bits per heavy atom. The molecule has 0 spiro atoms. The van der Waals surface area contributed by atoms with Crippen LogP contribution in [0.5, 0.6) is 0 Å². The zero-order chi connectivity index (χ0) is 24.1. The third kappa shape index (κ3) is 5.19. The van der Waals surface area contributed by atoms with Crippen LogP contribution in [0.3, 0.4) is 0 Å². The van der Waals surface area contributed by atoms with Crippen LogP contribution in [0.25, 0.3) is 11.1 Å². The van der Waals surface area contributed by atoms with Gasteiger partial charge in [0.15, 0.2) is 0 Å². The Balaban J connectivity index is 1.22. The molecule has 2 aliphatic rings. The highest BCUT2D eigenvalue weighted by atomic mass is 16.5. The van der Waals surface area contributed by atoms with Crippen LogP contribution >= 0.6 is 0 Å². The second-order valence-corrected chi connectivity index (χ2v) is 8.44. The average Bonchev–Trinajstić information content (AvgIpc) is 3.42. The number of carboxylic acid groups (broad SMARTS) is 1. The number of alkyl carbamates (subject to hydrolysis) is 1. The monoisotopic (exact) mass is 465 g/mol. The van der Waals surface area contributed by atoms with Crippen LogP contribution in [-0.2, 0) is 19.1 Å². The van der Waals surface area contributed by atoms with Gasteiger partial charge in [-0.3, -0.25) is 14.4 Å². The lowest BCUT2D eigenvalue weighted by molar-refractivity contribution is -0.140. The van der Waals surface area contributed by atoms with Gasteiger partial charge in [-0.05, 0) is 35.1 Å². The molecule has 3 amide bonds. The Kier molecular flexibility index (Phi) is 7.10. The highest BCUT2D eigenvalue weighted by Gasteiger charge is 2.31.